The molecule has 2 aromatic heterocycles. The van der Waals surface area contributed by atoms with Crippen molar-refractivity contribution in [1.82, 2.24) is 19.5 Å². The van der Waals surface area contributed by atoms with Gasteiger partial charge in [-0.1, -0.05) is 13.8 Å². The molecule has 2 aromatic rings. The first-order valence-electron chi connectivity index (χ1n) is 5.47. The van der Waals surface area contributed by atoms with E-state index in [-0.39, 0.29) is 23.0 Å². The summed E-state index contributed by atoms with van der Waals surface area (Å²) in [5.41, 5.74) is -0.173. The van der Waals surface area contributed by atoms with Gasteiger partial charge in [0, 0.05) is 6.04 Å². The van der Waals surface area contributed by atoms with Gasteiger partial charge in [-0.2, -0.15) is 0 Å². The highest BCUT2D eigenvalue weighted by Gasteiger charge is 2.16. The quantitative estimate of drug-likeness (QED) is 0.829. The average Bonchev–Trinajstić information content (AvgIpc) is 2.28. The Morgan fingerprint density at radius 3 is 2.65 bits per heavy atom. The third kappa shape index (κ3) is 1.86. The van der Waals surface area contributed by atoms with Crippen molar-refractivity contribution in [3.8, 4) is 0 Å². The summed E-state index contributed by atoms with van der Waals surface area (Å²) in [7, 11) is 0. The third-order valence-corrected chi connectivity index (χ3v) is 2.97. The van der Waals surface area contributed by atoms with Crippen LogP contribution in [0.1, 0.15) is 26.8 Å². The van der Waals surface area contributed by atoms with E-state index in [9.17, 15) is 9.59 Å². The highest BCUT2D eigenvalue weighted by atomic mass is 16.2. The van der Waals surface area contributed by atoms with Gasteiger partial charge in [-0.15, -0.1) is 0 Å². The van der Waals surface area contributed by atoms with Crippen LogP contribution >= 0.6 is 0 Å². The Balaban J connectivity index is 2.82. The Kier molecular flexibility index (Phi) is 2.79. The first-order valence-corrected chi connectivity index (χ1v) is 5.47. The van der Waals surface area contributed by atoms with Gasteiger partial charge in [0.1, 0.15) is 6.33 Å². The van der Waals surface area contributed by atoms with Crippen LogP contribution in [0.25, 0.3) is 11.0 Å². The van der Waals surface area contributed by atoms with Crippen molar-refractivity contribution in [3.05, 3.63) is 33.4 Å². The van der Waals surface area contributed by atoms with Crippen LogP contribution in [0.4, 0.5) is 0 Å². The maximum absolute atomic E-state index is 12.1. The van der Waals surface area contributed by atoms with Crippen LogP contribution in [0, 0.1) is 5.92 Å². The van der Waals surface area contributed by atoms with Gasteiger partial charge in [-0.3, -0.25) is 9.36 Å². The summed E-state index contributed by atoms with van der Waals surface area (Å²) in [5.74, 6) is 0.188. The molecule has 0 amide bonds. The van der Waals surface area contributed by atoms with Crippen molar-refractivity contribution >= 4 is 11.0 Å². The zero-order valence-electron chi connectivity index (χ0n) is 9.97. The lowest BCUT2D eigenvalue weighted by Gasteiger charge is -2.17. The number of aromatic amines is 1. The molecule has 6 nitrogen and oxygen atoms in total. The molecule has 0 aromatic carbocycles. The van der Waals surface area contributed by atoms with Gasteiger partial charge in [0.15, 0.2) is 5.52 Å². The fourth-order valence-electron chi connectivity index (χ4n) is 1.64. The molecule has 2 rings (SSSR count). The van der Waals surface area contributed by atoms with E-state index in [1.54, 1.807) is 0 Å². The molecule has 0 aliphatic heterocycles. The normalized spacial score (nSPS) is 13.2. The van der Waals surface area contributed by atoms with Crippen molar-refractivity contribution in [2.75, 3.05) is 0 Å². The van der Waals surface area contributed by atoms with E-state index in [2.05, 4.69) is 15.0 Å². The monoisotopic (exact) mass is 234 g/mol. The lowest BCUT2D eigenvalue weighted by atomic mass is 10.1. The summed E-state index contributed by atoms with van der Waals surface area (Å²) in [4.78, 5) is 34.3. The molecule has 0 aliphatic rings. The van der Waals surface area contributed by atoms with Crippen LogP contribution < -0.4 is 11.2 Å². The van der Waals surface area contributed by atoms with E-state index < -0.39 is 5.69 Å². The molecule has 1 atom stereocenters. The van der Waals surface area contributed by atoms with Crippen molar-refractivity contribution < 1.29 is 0 Å². The van der Waals surface area contributed by atoms with Gasteiger partial charge in [-0.25, -0.2) is 14.8 Å². The number of rotatable bonds is 2. The zero-order valence-corrected chi connectivity index (χ0v) is 9.97. The van der Waals surface area contributed by atoms with Crippen molar-refractivity contribution in [3.63, 3.8) is 0 Å². The SMILES string of the molecule is CC(C)C(C)n1c(=O)[nH]c2cncnc2c1=O. The molecule has 0 fully saturated rings. The standard InChI is InChI=1S/C11H14N4O2/c1-6(2)7(3)15-10(16)9-8(14-11(15)17)4-12-5-13-9/h4-7H,1-3H3,(H,14,17). The summed E-state index contributed by atoms with van der Waals surface area (Å²) in [6.45, 7) is 5.76. The van der Waals surface area contributed by atoms with Crippen LogP contribution in [0.15, 0.2) is 22.1 Å². The predicted octanol–water partition coefficient (Wildman–Crippen LogP) is 0.697. The van der Waals surface area contributed by atoms with Crippen LogP contribution in [-0.4, -0.2) is 19.5 Å². The average molecular weight is 234 g/mol. The van der Waals surface area contributed by atoms with Crippen LogP contribution in [-0.2, 0) is 0 Å². The van der Waals surface area contributed by atoms with E-state index in [1.807, 2.05) is 20.8 Å². The Hall–Kier alpha value is -1.98. The lowest BCUT2D eigenvalue weighted by Crippen LogP contribution is -2.39. The minimum Gasteiger partial charge on any atom is -0.304 e. The van der Waals surface area contributed by atoms with Gasteiger partial charge in [0.2, 0.25) is 0 Å². The van der Waals surface area contributed by atoms with E-state index in [1.165, 1.54) is 17.1 Å². The highest BCUT2D eigenvalue weighted by molar-refractivity contribution is 5.70. The lowest BCUT2D eigenvalue weighted by molar-refractivity contribution is 0.386. The second kappa shape index (κ2) is 4.12. The van der Waals surface area contributed by atoms with E-state index in [0.717, 1.165) is 0 Å². The summed E-state index contributed by atoms with van der Waals surface area (Å²) < 4.78 is 1.21. The Labute approximate surface area is 97.3 Å². The molecular weight excluding hydrogens is 220 g/mol. The predicted molar refractivity (Wildman–Crippen MR) is 64.0 cm³/mol. The second-order valence-corrected chi connectivity index (χ2v) is 4.37. The van der Waals surface area contributed by atoms with Gasteiger partial charge in [0.25, 0.3) is 5.56 Å². The fourth-order valence-corrected chi connectivity index (χ4v) is 1.64. The van der Waals surface area contributed by atoms with Crippen LogP contribution in [0.2, 0.25) is 0 Å². The van der Waals surface area contributed by atoms with Gasteiger partial charge in [0.05, 0.1) is 11.7 Å². The highest BCUT2D eigenvalue weighted by Crippen LogP contribution is 2.12. The van der Waals surface area contributed by atoms with Crippen molar-refractivity contribution in [2.24, 2.45) is 5.92 Å². The molecular formula is C11H14N4O2. The zero-order chi connectivity index (χ0) is 12.6. The van der Waals surface area contributed by atoms with E-state index in [0.29, 0.717) is 5.52 Å². The van der Waals surface area contributed by atoms with E-state index in [4.69, 9.17) is 0 Å². The van der Waals surface area contributed by atoms with Gasteiger partial charge >= 0.3 is 5.69 Å². The summed E-state index contributed by atoms with van der Waals surface area (Å²) in [5, 5.41) is 0. The van der Waals surface area contributed by atoms with Crippen molar-refractivity contribution in [2.45, 2.75) is 26.8 Å². The molecule has 0 bridgehead atoms. The molecule has 1 N–H and O–H groups in total. The van der Waals surface area contributed by atoms with E-state index >= 15 is 0 Å². The minimum absolute atomic E-state index is 0.175. The minimum atomic E-state index is -0.418. The molecule has 0 saturated carbocycles. The number of H-pyrrole nitrogens is 1. The van der Waals surface area contributed by atoms with Crippen molar-refractivity contribution in [1.29, 1.82) is 0 Å². The largest absolute Gasteiger partial charge is 0.329 e. The maximum atomic E-state index is 12.1. The summed E-state index contributed by atoms with van der Waals surface area (Å²) in [6, 6.07) is -0.175. The molecule has 17 heavy (non-hydrogen) atoms. The van der Waals surface area contributed by atoms with Gasteiger partial charge in [-0.05, 0) is 12.8 Å². The summed E-state index contributed by atoms with van der Waals surface area (Å²) >= 11 is 0. The molecule has 0 radical (unpaired) electrons. The van der Waals surface area contributed by atoms with Crippen LogP contribution in [0.3, 0.4) is 0 Å². The molecule has 90 valence electrons. The number of fused-ring (bicyclic) bond motifs is 1. The van der Waals surface area contributed by atoms with Gasteiger partial charge < -0.3 is 4.98 Å². The molecule has 6 heteroatoms. The Bertz CT molecular complexity index is 656. The maximum Gasteiger partial charge on any atom is 0.329 e. The third-order valence-electron chi connectivity index (χ3n) is 2.97. The summed E-state index contributed by atoms with van der Waals surface area (Å²) in [6.07, 6.45) is 2.72. The molecule has 1 unspecified atom stereocenters. The molecule has 0 spiro atoms. The molecule has 0 aliphatic carbocycles. The topological polar surface area (TPSA) is 80.6 Å². The smallest absolute Gasteiger partial charge is 0.304 e. The Morgan fingerprint density at radius 2 is 2.00 bits per heavy atom. The number of hydrogen-bond acceptors (Lipinski definition) is 4. The fraction of sp³-hybridized carbons (Fsp3) is 0.455. The first kappa shape index (κ1) is 11.5. The first-order chi connectivity index (χ1) is 8.02. The molecule has 0 saturated heterocycles. The number of nitrogens with zero attached hydrogens (tertiary/aromatic N) is 3. The second-order valence-electron chi connectivity index (χ2n) is 4.37. The number of hydrogen-bond donors (Lipinski definition) is 1. The number of nitrogens with one attached hydrogen (secondary N) is 1. The van der Waals surface area contributed by atoms with Crippen LogP contribution in [0.5, 0.6) is 0 Å². The number of aromatic nitrogens is 4. The molecule has 2 heterocycles. The Morgan fingerprint density at radius 1 is 1.29 bits per heavy atom.